The van der Waals surface area contributed by atoms with E-state index in [1.165, 1.54) is 0 Å². The van der Waals surface area contributed by atoms with Crippen molar-refractivity contribution in [3.05, 3.63) is 41.2 Å². The summed E-state index contributed by atoms with van der Waals surface area (Å²) in [4.78, 5) is 9.00. The largest absolute Gasteiger partial charge is 0.497 e. The fourth-order valence-electron chi connectivity index (χ4n) is 2.22. The van der Waals surface area contributed by atoms with Crippen LogP contribution in [0, 0.1) is 6.92 Å². The molecule has 3 rings (SSSR count). The van der Waals surface area contributed by atoms with Gasteiger partial charge in [0.25, 0.3) is 0 Å². The first-order chi connectivity index (χ1) is 10.2. The smallest absolute Gasteiger partial charge is 0.136 e. The van der Waals surface area contributed by atoms with Gasteiger partial charge in [0.2, 0.25) is 0 Å². The molecule has 2 aromatic rings. The molecule has 21 heavy (non-hydrogen) atoms. The van der Waals surface area contributed by atoms with Crippen molar-refractivity contribution in [3.8, 4) is 5.75 Å². The van der Waals surface area contributed by atoms with E-state index in [9.17, 15) is 0 Å². The summed E-state index contributed by atoms with van der Waals surface area (Å²) in [6, 6.07) is 7.97. The lowest BCUT2D eigenvalue weighted by molar-refractivity contribution is 0.414. The van der Waals surface area contributed by atoms with Gasteiger partial charge in [-0.2, -0.15) is 0 Å². The molecule has 1 aliphatic rings. The monoisotopic (exact) mass is 284 g/mol. The first-order valence-corrected chi connectivity index (χ1v) is 7.18. The number of benzene rings is 1. The number of hydrogen-bond donors (Lipinski definition) is 2. The molecule has 1 aromatic carbocycles. The lowest BCUT2D eigenvalue weighted by Gasteiger charge is -2.12. The molecule has 3 N–H and O–H groups in total. The average Bonchev–Trinajstić information content (AvgIpc) is 3.33. The molecule has 110 valence electrons. The molecule has 1 saturated carbocycles. The maximum atomic E-state index is 5.99. The summed E-state index contributed by atoms with van der Waals surface area (Å²) in [5, 5.41) is 3.36. The Kier molecular flexibility index (Phi) is 3.64. The van der Waals surface area contributed by atoms with E-state index < -0.39 is 0 Å². The minimum absolute atomic E-state index is 0.491. The van der Waals surface area contributed by atoms with Gasteiger partial charge in [-0.1, -0.05) is 12.1 Å². The zero-order valence-electron chi connectivity index (χ0n) is 12.4. The second-order valence-electron chi connectivity index (χ2n) is 5.42. The van der Waals surface area contributed by atoms with Gasteiger partial charge in [0.15, 0.2) is 0 Å². The van der Waals surface area contributed by atoms with Crippen molar-refractivity contribution in [2.45, 2.75) is 32.2 Å². The normalized spacial score (nSPS) is 14.0. The number of nitrogens with zero attached hydrogens (tertiary/aromatic N) is 2. The van der Waals surface area contributed by atoms with E-state index in [1.54, 1.807) is 7.11 Å². The number of nitrogens with two attached hydrogens (primary N) is 1. The van der Waals surface area contributed by atoms with Crippen LogP contribution >= 0.6 is 0 Å². The quantitative estimate of drug-likeness (QED) is 0.883. The fraction of sp³-hybridized carbons (Fsp3) is 0.375. The summed E-state index contributed by atoms with van der Waals surface area (Å²) in [6.07, 6.45) is 2.33. The van der Waals surface area contributed by atoms with E-state index in [1.807, 2.05) is 25.1 Å². The molecule has 1 heterocycles. The average molecular weight is 284 g/mol. The second kappa shape index (κ2) is 5.60. The first-order valence-electron chi connectivity index (χ1n) is 7.18. The SMILES string of the molecule is COc1cccc(CNc2nc(C3CC3)nc(N)c2C)c1. The predicted molar refractivity (Wildman–Crippen MR) is 83.5 cm³/mol. The van der Waals surface area contributed by atoms with Crippen molar-refractivity contribution < 1.29 is 4.74 Å². The summed E-state index contributed by atoms with van der Waals surface area (Å²) in [7, 11) is 1.67. The van der Waals surface area contributed by atoms with E-state index in [-0.39, 0.29) is 0 Å². The van der Waals surface area contributed by atoms with E-state index >= 15 is 0 Å². The molecule has 1 aromatic heterocycles. The molecule has 0 atom stereocenters. The Morgan fingerprint density at radius 3 is 2.86 bits per heavy atom. The van der Waals surface area contributed by atoms with Crippen LogP contribution in [0.5, 0.6) is 5.75 Å². The molecule has 5 nitrogen and oxygen atoms in total. The number of anilines is 2. The van der Waals surface area contributed by atoms with Crippen LogP contribution < -0.4 is 15.8 Å². The van der Waals surface area contributed by atoms with Crippen molar-refractivity contribution in [2.75, 3.05) is 18.2 Å². The Bertz CT molecular complexity index is 653. The molecule has 0 amide bonds. The Balaban J connectivity index is 1.77. The summed E-state index contributed by atoms with van der Waals surface area (Å²) >= 11 is 0. The molecule has 0 aliphatic heterocycles. The molecule has 1 aliphatic carbocycles. The van der Waals surface area contributed by atoms with Gasteiger partial charge < -0.3 is 15.8 Å². The minimum Gasteiger partial charge on any atom is -0.497 e. The number of hydrogen-bond acceptors (Lipinski definition) is 5. The number of ether oxygens (including phenoxy) is 1. The van der Waals surface area contributed by atoms with Crippen LogP contribution in [0.3, 0.4) is 0 Å². The Morgan fingerprint density at radius 2 is 2.14 bits per heavy atom. The maximum absolute atomic E-state index is 5.99. The van der Waals surface area contributed by atoms with E-state index in [0.717, 1.165) is 41.4 Å². The molecule has 5 heteroatoms. The lowest BCUT2D eigenvalue weighted by Crippen LogP contribution is -2.09. The Morgan fingerprint density at radius 1 is 1.33 bits per heavy atom. The standard InChI is InChI=1S/C16H20N4O/c1-10-14(17)19-16(12-6-7-12)20-15(10)18-9-11-4-3-5-13(8-11)21-2/h3-5,8,12H,6-7,9H2,1-2H3,(H3,17,18,19,20). The number of methoxy groups -OCH3 is 1. The first kappa shape index (κ1) is 13.7. The molecular formula is C16H20N4O. The number of nitrogen functional groups attached to an aromatic ring is 1. The summed E-state index contributed by atoms with van der Waals surface area (Å²) in [5.41, 5.74) is 8.03. The van der Waals surface area contributed by atoms with Gasteiger partial charge in [0.1, 0.15) is 23.2 Å². The summed E-state index contributed by atoms with van der Waals surface area (Å²) < 4.78 is 5.24. The molecule has 0 saturated heterocycles. The van der Waals surface area contributed by atoms with Gasteiger partial charge in [0.05, 0.1) is 7.11 Å². The van der Waals surface area contributed by atoms with E-state index in [2.05, 4.69) is 21.4 Å². The third-order valence-electron chi connectivity index (χ3n) is 3.74. The number of aromatic nitrogens is 2. The van der Waals surface area contributed by atoms with Gasteiger partial charge in [-0.15, -0.1) is 0 Å². The summed E-state index contributed by atoms with van der Waals surface area (Å²) in [6.45, 7) is 2.62. The molecule has 0 radical (unpaired) electrons. The van der Waals surface area contributed by atoms with Crippen LogP contribution in [0.2, 0.25) is 0 Å². The topological polar surface area (TPSA) is 73.1 Å². The van der Waals surface area contributed by atoms with Crippen LogP contribution in [-0.2, 0) is 6.54 Å². The van der Waals surface area contributed by atoms with Crippen LogP contribution in [0.4, 0.5) is 11.6 Å². The highest BCUT2D eigenvalue weighted by Gasteiger charge is 2.27. The summed E-state index contributed by atoms with van der Waals surface area (Å²) in [5.74, 6) is 3.61. The molecule has 1 fully saturated rings. The van der Waals surface area contributed by atoms with Gasteiger partial charge in [-0.3, -0.25) is 0 Å². The Hall–Kier alpha value is -2.30. The third kappa shape index (κ3) is 3.07. The van der Waals surface area contributed by atoms with Gasteiger partial charge in [-0.25, -0.2) is 9.97 Å². The van der Waals surface area contributed by atoms with Crippen LogP contribution in [0.15, 0.2) is 24.3 Å². The zero-order valence-corrected chi connectivity index (χ0v) is 12.4. The van der Waals surface area contributed by atoms with E-state index in [0.29, 0.717) is 18.3 Å². The van der Waals surface area contributed by atoms with Crippen LogP contribution in [0.1, 0.15) is 35.7 Å². The molecular weight excluding hydrogens is 264 g/mol. The van der Waals surface area contributed by atoms with Crippen molar-refractivity contribution in [2.24, 2.45) is 0 Å². The molecule has 0 spiro atoms. The highest BCUT2D eigenvalue weighted by Crippen LogP contribution is 2.39. The molecule has 0 bridgehead atoms. The van der Waals surface area contributed by atoms with E-state index in [4.69, 9.17) is 10.5 Å². The van der Waals surface area contributed by atoms with Crippen LogP contribution in [0.25, 0.3) is 0 Å². The van der Waals surface area contributed by atoms with Crippen molar-refractivity contribution in [1.82, 2.24) is 9.97 Å². The molecule has 0 unspecified atom stereocenters. The fourth-order valence-corrected chi connectivity index (χ4v) is 2.22. The predicted octanol–water partition coefficient (Wildman–Crippen LogP) is 2.87. The highest BCUT2D eigenvalue weighted by atomic mass is 16.5. The highest BCUT2D eigenvalue weighted by molar-refractivity contribution is 5.55. The van der Waals surface area contributed by atoms with Crippen molar-refractivity contribution in [1.29, 1.82) is 0 Å². The van der Waals surface area contributed by atoms with Crippen molar-refractivity contribution in [3.63, 3.8) is 0 Å². The van der Waals surface area contributed by atoms with Gasteiger partial charge >= 0.3 is 0 Å². The number of rotatable bonds is 5. The third-order valence-corrected chi connectivity index (χ3v) is 3.74. The van der Waals surface area contributed by atoms with Crippen LogP contribution in [-0.4, -0.2) is 17.1 Å². The number of nitrogens with one attached hydrogen (secondary N) is 1. The maximum Gasteiger partial charge on any atom is 0.136 e. The second-order valence-corrected chi connectivity index (χ2v) is 5.42. The lowest BCUT2D eigenvalue weighted by atomic mass is 10.2. The van der Waals surface area contributed by atoms with Gasteiger partial charge in [0, 0.05) is 18.0 Å². The van der Waals surface area contributed by atoms with Crippen molar-refractivity contribution >= 4 is 11.6 Å². The Labute approximate surface area is 124 Å². The zero-order chi connectivity index (χ0) is 14.8. The van der Waals surface area contributed by atoms with Gasteiger partial charge in [-0.05, 0) is 37.5 Å². The minimum atomic E-state index is 0.491.